The molecule has 0 aromatic heterocycles. The summed E-state index contributed by atoms with van der Waals surface area (Å²) in [5, 5.41) is 2.96. The molecule has 0 fully saturated rings. The van der Waals surface area contributed by atoms with Gasteiger partial charge in [0.2, 0.25) is 5.91 Å². The largest absolute Gasteiger partial charge is 0.497 e. The van der Waals surface area contributed by atoms with Crippen LogP contribution < -0.4 is 14.8 Å². The topological polar surface area (TPSA) is 47.6 Å². The highest BCUT2D eigenvalue weighted by molar-refractivity contribution is 5.79. The number of carbonyl (C=O) groups is 1. The van der Waals surface area contributed by atoms with E-state index < -0.39 is 0 Å². The van der Waals surface area contributed by atoms with E-state index in [1.807, 2.05) is 18.2 Å². The van der Waals surface area contributed by atoms with Gasteiger partial charge in [-0.3, -0.25) is 4.79 Å². The molecule has 0 aliphatic carbocycles. The van der Waals surface area contributed by atoms with Gasteiger partial charge < -0.3 is 14.8 Å². The van der Waals surface area contributed by atoms with E-state index in [4.69, 9.17) is 9.47 Å². The Kier molecular flexibility index (Phi) is 4.66. The summed E-state index contributed by atoms with van der Waals surface area (Å²) in [7, 11) is 1.64. The fourth-order valence-corrected chi connectivity index (χ4v) is 2.20. The molecular formula is C15H21NO3. The third-order valence-electron chi connectivity index (χ3n) is 3.37. The van der Waals surface area contributed by atoms with E-state index in [2.05, 4.69) is 12.2 Å². The van der Waals surface area contributed by atoms with Crippen LogP contribution in [0.1, 0.15) is 25.3 Å². The second-order valence-electron chi connectivity index (χ2n) is 4.83. The predicted molar refractivity (Wildman–Crippen MR) is 73.6 cm³/mol. The zero-order valence-corrected chi connectivity index (χ0v) is 11.6. The van der Waals surface area contributed by atoms with E-state index in [0.717, 1.165) is 36.4 Å². The number of ether oxygens (including phenoxy) is 2. The van der Waals surface area contributed by atoms with Gasteiger partial charge in [-0.1, -0.05) is 13.3 Å². The minimum absolute atomic E-state index is 0.0851. The molecule has 19 heavy (non-hydrogen) atoms. The highest BCUT2D eigenvalue weighted by atomic mass is 16.5. The number of amides is 1. The molecule has 1 aliphatic heterocycles. The van der Waals surface area contributed by atoms with Crippen molar-refractivity contribution in [3.8, 4) is 11.5 Å². The second-order valence-corrected chi connectivity index (χ2v) is 4.83. The van der Waals surface area contributed by atoms with Gasteiger partial charge in [0, 0.05) is 6.54 Å². The van der Waals surface area contributed by atoms with Crippen LogP contribution in [0.2, 0.25) is 0 Å². The first-order chi connectivity index (χ1) is 9.24. The van der Waals surface area contributed by atoms with Crippen LogP contribution in [0.15, 0.2) is 18.2 Å². The highest BCUT2D eigenvalue weighted by Crippen LogP contribution is 2.30. The molecule has 1 aliphatic rings. The Morgan fingerprint density at radius 2 is 2.37 bits per heavy atom. The van der Waals surface area contributed by atoms with Gasteiger partial charge in [0.15, 0.2) is 0 Å². The summed E-state index contributed by atoms with van der Waals surface area (Å²) in [5.74, 6) is 1.64. The Labute approximate surface area is 114 Å². The fraction of sp³-hybridized carbons (Fsp3) is 0.533. The van der Waals surface area contributed by atoms with Crippen molar-refractivity contribution in [1.29, 1.82) is 0 Å². The van der Waals surface area contributed by atoms with Crippen molar-refractivity contribution in [2.24, 2.45) is 5.92 Å². The molecule has 1 atom stereocenters. The molecule has 0 radical (unpaired) electrons. The number of nitrogens with one attached hydrogen (secondary N) is 1. The highest BCUT2D eigenvalue weighted by Gasteiger charge is 2.25. The van der Waals surface area contributed by atoms with Gasteiger partial charge in [-0.25, -0.2) is 0 Å². The van der Waals surface area contributed by atoms with Crippen molar-refractivity contribution in [2.45, 2.75) is 26.2 Å². The molecule has 4 heteroatoms. The molecule has 0 bridgehead atoms. The Hall–Kier alpha value is -1.71. The zero-order chi connectivity index (χ0) is 13.7. The molecule has 1 aromatic carbocycles. The van der Waals surface area contributed by atoms with E-state index in [-0.39, 0.29) is 11.8 Å². The molecule has 0 spiro atoms. The average Bonchev–Trinajstić information content (AvgIpc) is 2.46. The number of unbranched alkanes of at least 4 members (excludes halogenated alkanes) is 1. The van der Waals surface area contributed by atoms with Crippen LogP contribution in [0.25, 0.3) is 0 Å². The van der Waals surface area contributed by atoms with Gasteiger partial charge in [-0.2, -0.15) is 0 Å². The van der Waals surface area contributed by atoms with Crippen LogP contribution in [-0.4, -0.2) is 26.2 Å². The summed E-state index contributed by atoms with van der Waals surface area (Å²) >= 11 is 0. The molecule has 4 nitrogen and oxygen atoms in total. The maximum Gasteiger partial charge on any atom is 0.226 e. The number of methoxy groups -OCH3 is 1. The average molecular weight is 263 g/mol. The van der Waals surface area contributed by atoms with Crippen molar-refractivity contribution < 1.29 is 14.3 Å². The van der Waals surface area contributed by atoms with Crippen LogP contribution >= 0.6 is 0 Å². The third-order valence-corrected chi connectivity index (χ3v) is 3.37. The lowest BCUT2D eigenvalue weighted by Crippen LogP contribution is -2.37. The lowest BCUT2D eigenvalue weighted by atomic mass is 9.96. The zero-order valence-electron chi connectivity index (χ0n) is 11.6. The summed E-state index contributed by atoms with van der Waals surface area (Å²) in [5.41, 5.74) is 1.04. The Morgan fingerprint density at radius 3 is 3.11 bits per heavy atom. The number of carbonyl (C=O) groups excluding carboxylic acids is 1. The van der Waals surface area contributed by atoms with Crippen LogP contribution in [0, 0.1) is 5.92 Å². The summed E-state index contributed by atoms with van der Waals surface area (Å²) < 4.78 is 10.8. The Balaban J connectivity index is 1.98. The first-order valence-electron chi connectivity index (χ1n) is 6.82. The predicted octanol–water partition coefficient (Wildman–Crippen LogP) is 2.16. The molecule has 0 saturated heterocycles. The summed E-state index contributed by atoms with van der Waals surface area (Å²) in [6, 6.07) is 5.72. The van der Waals surface area contributed by atoms with Crippen LogP contribution in [0.5, 0.6) is 11.5 Å². The van der Waals surface area contributed by atoms with Crippen molar-refractivity contribution in [3.05, 3.63) is 23.8 Å². The number of fused-ring (bicyclic) bond motifs is 1. The minimum Gasteiger partial charge on any atom is -0.497 e. The lowest BCUT2D eigenvalue weighted by molar-refractivity contribution is -0.126. The molecule has 0 unspecified atom stereocenters. The SMILES string of the molecule is CCCCNC(=O)[C@H]1COc2ccc(OC)cc2C1. The molecule has 1 amide bonds. The summed E-state index contributed by atoms with van der Waals surface area (Å²) in [6.07, 6.45) is 2.82. The first kappa shape index (κ1) is 13.7. The number of rotatable bonds is 5. The quantitative estimate of drug-likeness (QED) is 0.828. The molecule has 1 N–H and O–H groups in total. The second kappa shape index (κ2) is 6.45. The molecular weight excluding hydrogens is 242 g/mol. The van der Waals surface area contributed by atoms with Gasteiger partial charge in [-0.15, -0.1) is 0 Å². The van der Waals surface area contributed by atoms with Gasteiger partial charge >= 0.3 is 0 Å². The van der Waals surface area contributed by atoms with Crippen LogP contribution in [-0.2, 0) is 11.2 Å². The fourth-order valence-electron chi connectivity index (χ4n) is 2.20. The van der Waals surface area contributed by atoms with E-state index in [1.54, 1.807) is 7.11 Å². The lowest BCUT2D eigenvalue weighted by Gasteiger charge is -2.25. The molecule has 0 saturated carbocycles. The van der Waals surface area contributed by atoms with Crippen LogP contribution in [0.3, 0.4) is 0 Å². The van der Waals surface area contributed by atoms with Gasteiger partial charge in [-0.05, 0) is 36.6 Å². The monoisotopic (exact) mass is 263 g/mol. The Bertz CT molecular complexity index is 445. The molecule has 1 aromatic rings. The van der Waals surface area contributed by atoms with Crippen molar-refractivity contribution in [2.75, 3.05) is 20.3 Å². The van der Waals surface area contributed by atoms with Gasteiger partial charge in [0.25, 0.3) is 0 Å². The summed E-state index contributed by atoms with van der Waals surface area (Å²) in [4.78, 5) is 12.0. The van der Waals surface area contributed by atoms with E-state index >= 15 is 0 Å². The van der Waals surface area contributed by atoms with Crippen LogP contribution in [0.4, 0.5) is 0 Å². The van der Waals surface area contributed by atoms with E-state index in [9.17, 15) is 4.79 Å². The molecule has 104 valence electrons. The van der Waals surface area contributed by atoms with E-state index in [0.29, 0.717) is 13.0 Å². The normalized spacial score (nSPS) is 17.3. The third kappa shape index (κ3) is 3.40. The molecule has 1 heterocycles. The maximum absolute atomic E-state index is 12.0. The van der Waals surface area contributed by atoms with E-state index in [1.165, 1.54) is 0 Å². The minimum atomic E-state index is -0.100. The van der Waals surface area contributed by atoms with Crippen molar-refractivity contribution in [1.82, 2.24) is 5.32 Å². The summed E-state index contributed by atoms with van der Waals surface area (Å²) in [6.45, 7) is 3.31. The molecule has 2 rings (SSSR count). The Morgan fingerprint density at radius 1 is 1.53 bits per heavy atom. The smallest absolute Gasteiger partial charge is 0.226 e. The van der Waals surface area contributed by atoms with Gasteiger partial charge in [0.05, 0.1) is 13.0 Å². The maximum atomic E-state index is 12.0. The number of hydrogen-bond donors (Lipinski definition) is 1. The van der Waals surface area contributed by atoms with Gasteiger partial charge in [0.1, 0.15) is 18.1 Å². The van der Waals surface area contributed by atoms with Crippen molar-refractivity contribution >= 4 is 5.91 Å². The standard InChI is InChI=1S/C15H21NO3/c1-3-4-7-16-15(17)12-8-11-9-13(18-2)5-6-14(11)19-10-12/h5-6,9,12H,3-4,7-8,10H2,1-2H3,(H,16,17)/t12-/m1/s1. The number of hydrogen-bond acceptors (Lipinski definition) is 3. The first-order valence-corrected chi connectivity index (χ1v) is 6.82. The number of benzene rings is 1. The van der Waals surface area contributed by atoms with Crippen molar-refractivity contribution in [3.63, 3.8) is 0 Å².